The minimum atomic E-state index is -1.01. The van der Waals surface area contributed by atoms with Gasteiger partial charge in [0.05, 0.1) is 12.5 Å². The van der Waals surface area contributed by atoms with Gasteiger partial charge in [-0.25, -0.2) is 4.68 Å². The number of hydrogen-bond acceptors (Lipinski definition) is 6. The third-order valence-corrected chi connectivity index (χ3v) is 2.77. The number of carbonyl (C=O) groups excluding carboxylic acids is 1. The van der Waals surface area contributed by atoms with Gasteiger partial charge in [-0.05, 0) is 16.0 Å². The van der Waals surface area contributed by atoms with Crippen LogP contribution in [0.25, 0.3) is 0 Å². The lowest BCUT2D eigenvalue weighted by atomic mass is 10.0. The number of nitrogens with zero attached hydrogens (tertiary/aromatic N) is 4. The summed E-state index contributed by atoms with van der Waals surface area (Å²) in [5.74, 6) is -1.42. The van der Waals surface area contributed by atoms with Gasteiger partial charge in [0.2, 0.25) is 11.9 Å². The molecule has 0 bridgehead atoms. The number of carboxylic acids is 1. The zero-order valence-corrected chi connectivity index (χ0v) is 11.0. The first-order valence-corrected chi connectivity index (χ1v) is 6.14. The molecule has 2 rings (SSSR count). The highest BCUT2D eigenvalue weighted by Crippen LogP contribution is 2.16. The van der Waals surface area contributed by atoms with Crippen LogP contribution in [0.3, 0.4) is 0 Å². The first-order valence-electron chi connectivity index (χ1n) is 6.14. The van der Waals surface area contributed by atoms with E-state index < -0.39 is 17.9 Å². The molecule has 1 atom stereocenters. The Labute approximate surface area is 119 Å². The first-order chi connectivity index (χ1) is 10.1. The van der Waals surface area contributed by atoms with Crippen molar-refractivity contribution in [1.29, 1.82) is 0 Å². The molecule has 0 saturated heterocycles. The standard InChI is InChI=1S/C12H14N6O3/c13-12-15-16-17-18(12)7-10(19)14-9(6-11(20)21)8-4-2-1-3-5-8/h1-5,9H,6-7H2,(H,14,19)(H,20,21)(H2,13,15,17)/t9-/m1/s1. The average molecular weight is 290 g/mol. The van der Waals surface area contributed by atoms with Crippen LogP contribution in [0.15, 0.2) is 30.3 Å². The summed E-state index contributed by atoms with van der Waals surface area (Å²) in [5.41, 5.74) is 6.17. The number of tetrazole rings is 1. The van der Waals surface area contributed by atoms with E-state index in [4.69, 9.17) is 10.8 Å². The molecular formula is C12H14N6O3. The first kappa shape index (κ1) is 14.4. The highest BCUT2D eigenvalue weighted by atomic mass is 16.4. The van der Waals surface area contributed by atoms with E-state index >= 15 is 0 Å². The van der Waals surface area contributed by atoms with Crippen LogP contribution in [0.1, 0.15) is 18.0 Å². The molecule has 0 aliphatic heterocycles. The summed E-state index contributed by atoms with van der Waals surface area (Å²) < 4.78 is 1.12. The molecule has 0 fully saturated rings. The van der Waals surface area contributed by atoms with Crippen molar-refractivity contribution >= 4 is 17.8 Å². The highest BCUT2D eigenvalue weighted by molar-refractivity contribution is 5.77. The molecule has 0 radical (unpaired) electrons. The third-order valence-electron chi connectivity index (χ3n) is 2.77. The van der Waals surface area contributed by atoms with Gasteiger partial charge in [-0.3, -0.25) is 9.59 Å². The zero-order chi connectivity index (χ0) is 15.2. The van der Waals surface area contributed by atoms with Gasteiger partial charge in [-0.1, -0.05) is 35.4 Å². The largest absolute Gasteiger partial charge is 0.481 e. The quantitative estimate of drug-likeness (QED) is 0.657. The molecule has 1 aromatic heterocycles. The summed E-state index contributed by atoms with van der Waals surface area (Å²) >= 11 is 0. The third kappa shape index (κ3) is 4.00. The number of nitrogens with one attached hydrogen (secondary N) is 1. The van der Waals surface area contributed by atoms with E-state index in [1.54, 1.807) is 24.3 Å². The Morgan fingerprint density at radius 2 is 2.05 bits per heavy atom. The number of carboxylic acid groups (broad SMARTS) is 1. The number of carbonyl (C=O) groups is 2. The number of aromatic nitrogens is 4. The number of nitrogen functional groups attached to an aromatic ring is 1. The van der Waals surface area contributed by atoms with Gasteiger partial charge >= 0.3 is 5.97 Å². The minimum absolute atomic E-state index is 0.0136. The van der Waals surface area contributed by atoms with E-state index in [2.05, 4.69) is 20.8 Å². The summed E-state index contributed by atoms with van der Waals surface area (Å²) in [6, 6.07) is 8.23. The number of aliphatic carboxylic acids is 1. The molecule has 0 spiro atoms. The monoisotopic (exact) mass is 290 g/mol. The number of hydrogen-bond donors (Lipinski definition) is 3. The number of amides is 1. The van der Waals surface area contributed by atoms with Crippen LogP contribution in [-0.4, -0.2) is 37.2 Å². The topological polar surface area (TPSA) is 136 Å². The molecule has 4 N–H and O–H groups in total. The second-order valence-electron chi connectivity index (χ2n) is 4.32. The summed E-state index contributed by atoms with van der Waals surface area (Å²) in [6.07, 6.45) is -0.221. The Balaban J connectivity index is 2.06. The van der Waals surface area contributed by atoms with Gasteiger partial charge in [0.25, 0.3) is 0 Å². The van der Waals surface area contributed by atoms with E-state index in [0.717, 1.165) is 4.68 Å². The molecule has 2 aromatic rings. The summed E-state index contributed by atoms with van der Waals surface area (Å²) in [4.78, 5) is 22.9. The van der Waals surface area contributed by atoms with Crippen molar-refractivity contribution < 1.29 is 14.7 Å². The number of nitrogens with two attached hydrogens (primary N) is 1. The Kier molecular flexibility index (Phi) is 4.44. The second-order valence-corrected chi connectivity index (χ2v) is 4.32. The van der Waals surface area contributed by atoms with Gasteiger partial charge in [-0.2, -0.15) is 0 Å². The molecule has 0 unspecified atom stereocenters. The van der Waals surface area contributed by atoms with Crippen LogP contribution in [0.4, 0.5) is 5.95 Å². The van der Waals surface area contributed by atoms with Crippen LogP contribution in [0.5, 0.6) is 0 Å². The van der Waals surface area contributed by atoms with Crippen molar-refractivity contribution in [2.24, 2.45) is 0 Å². The van der Waals surface area contributed by atoms with Crippen LogP contribution in [0.2, 0.25) is 0 Å². The van der Waals surface area contributed by atoms with Crippen molar-refractivity contribution in [3.63, 3.8) is 0 Å². The Morgan fingerprint density at radius 1 is 1.33 bits per heavy atom. The highest BCUT2D eigenvalue weighted by Gasteiger charge is 2.18. The smallest absolute Gasteiger partial charge is 0.305 e. The van der Waals surface area contributed by atoms with Crippen molar-refractivity contribution in [1.82, 2.24) is 25.5 Å². The second kappa shape index (κ2) is 6.46. The Morgan fingerprint density at radius 3 is 2.62 bits per heavy atom. The number of anilines is 1. The number of rotatable bonds is 6. The molecule has 21 heavy (non-hydrogen) atoms. The van der Waals surface area contributed by atoms with E-state index in [9.17, 15) is 9.59 Å². The molecule has 1 aromatic carbocycles. The Bertz CT molecular complexity index is 627. The fourth-order valence-electron chi connectivity index (χ4n) is 1.81. The van der Waals surface area contributed by atoms with E-state index in [-0.39, 0.29) is 18.9 Å². The van der Waals surface area contributed by atoms with Crippen LogP contribution < -0.4 is 11.1 Å². The van der Waals surface area contributed by atoms with Crippen molar-refractivity contribution in [3.05, 3.63) is 35.9 Å². The molecule has 9 heteroatoms. The molecule has 1 heterocycles. The van der Waals surface area contributed by atoms with Crippen molar-refractivity contribution in [2.45, 2.75) is 19.0 Å². The maximum atomic E-state index is 12.0. The molecule has 0 aliphatic carbocycles. The lowest BCUT2D eigenvalue weighted by Gasteiger charge is -2.17. The number of benzene rings is 1. The molecule has 110 valence electrons. The maximum Gasteiger partial charge on any atom is 0.305 e. The molecular weight excluding hydrogens is 276 g/mol. The molecule has 0 aliphatic rings. The fourth-order valence-corrected chi connectivity index (χ4v) is 1.81. The van der Waals surface area contributed by atoms with E-state index in [1.807, 2.05) is 6.07 Å². The molecule has 0 saturated carbocycles. The van der Waals surface area contributed by atoms with Gasteiger partial charge in [0, 0.05) is 0 Å². The Hall–Kier alpha value is -2.97. The average Bonchev–Trinajstić information content (AvgIpc) is 2.84. The minimum Gasteiger partial charge on any atom is -0.481 e. The SMILES string of the molecule is Nc1nnnn1CC(=O)N[C@H](CC(=O)O)c1ccccc1. The van der Waals surface area contributed by atoms with Gasteiger partial charge in [0.15, 0.2) is 0 Å². The fraction of sp³-hybridized carbons (Fsp3) is 0.250. The van der Waals surface area contributed by atoms with Gasteiger partial charge in [0.1, 0.15) is 6.54 Å². The lowest BCUT2D eigenvalue weighted by Crippen LogP contribution is -2.33. The normalized spacial score (nSPS) is 11.8. The predicted molar refractivity (Wildman–Crippen MR) is 71.8 cm³/mol. The van der Waals surface area contributed by atoms with Crippen LogP contribution >= 0.6 is 0 Å². The van der Waals surface area contributed by atoms with Gasteiger partial charge in [-0.15, -0.1) is 0 Å². The zero-order valence-electron chi connectivity index (χ0n) is 11.0. The molecule has 1 amide bonds. The van der Waals surface area contributed by atoms with E-state index in [0.29, 0.717) is 5.56 Å². The van der Waals surface area contributed by atoms with Crippen LogP contribution in [-0.2, 0) is 16.1 Å². The van der Waals surface area contributed by atoms with Crippen molar-refractivity contribution in [3.8, 4) is 0 Å². The molecule has 9 nitrogen and oxygen atoms in total. The van der Waals surface area contributed by atoms with Crippen LogP contribution in [0, 0.1) is 0 Å². The lowest BCUT2D eigenvalue weighted by molar-refractivity contribution is -0.137. The summed E-state index contributed by atoms with van der Waals surface area (Å²) in [5, 5.41) is 21.9. The maximum absolute atomic E-state index is 12.0. The van der Waals surface area contributed by atoms with Crippen molar-refractivity contribution in [2.75, 3.05) is 5.73 Å². The predicted octanol–water partition coefficient (Wildman–Crippen LogP) is -0.412. The van der Waals surface area contributed by atoms with Gasteiger partial charge < -0.3 is 16.2 Å². The summed E-state index contributed by atoms with van der Waals surface area (Å²) in [7, 11) is 0. The summed E-state index contributed by atoms with van der Waals surface area (Å²) in [6.45, 7) is -0.179. The van der Waals surface area contributed by atoms with E-state index in [1.165, 1.54) is 0 Å².